The van der Waals surface area contributed by atoms with Gasteiger partial charge < -0.3 is 19.1 Å². The molecule has 1 aliphatic rings. The molecular formula is C62H59N4OPt-3. The molecular weight excluding hydrogens is 1010 g/mol. The van der Waals surface area contributed by atoms with Gasteiger partial charge in [-0.3, -0.25) is 0 Å². The average molecular weight is 1070 g/mol. The summed E-state index contributed by atoms with van der Waals surface area (Å²) < 4.78 is 9.28. The second kappa shape index (κ2) is 17.6. The molecule has 0 unspecified atom stereocenters. The van der Waals surface area contributed by atoms with Crippen molar-refractivity contribution in [2.24, 2.45) is 0 Å². The second-order valence-electron chi connectivity index (χ2n) is 21.3. The predicted molar refractivity (Wildman–Crippen MR) is 279 cm³/mol. The molecule has 0 saturated carbocycles. The van der Waals surface area contributed by atoms with Crippen molar-refractivity contribution in [1.29, 1.82) is 0 Å². The Morgan fingerprint density at radius 3 is 1.66 bits per heavy atom. The van der Waals surface area contributed by atoms with Gasteiger partial charge >= 0.3 is 0 Å². The molecule has 68 heavy (non-hydrogen) atoms. The van der Waals surface area contributed by atoms with Crippen molar-refractivity contribution in [2.75, 3.05) is 9.80 Å². The summed E-state index contributed by atoms with van der Waals surface area (Å²) in [5.74, 6) is 2.02. The molecule has 5 nitrogen and oxygen atoms in total. The summed E-state index contributed by atoms with van der Waals surface area (Å²) in [5, 5.41) is 2.22. The van der Waals surface area contributed by atoms with Crippen molar-refractivity contribution in [3.8, 4) is 17.3 Å². The summed E-state index contributed by atoms with van der Waals surface area (Å²) >= 11 is 0. The van der Waals surface area contributed by atoms with Crippen LogP contribution in [0.5, 0.6) is 11.5 Å². The van der Waals surface area contributed by atoms with Crippen LogP contribution in [0.3, 0.4) is 0 Å². The van der Waals surface area contributed by atoms with E-state index in [0.717, 1.165) is 55.9 Å². The fourth-order valence-electron chi connectivity index (χ4n) is 9.47. The van der Waals surface area contributed by atoms with E-state index in [2.05, 4.69) is 260 Å². The molecule has 0 atom stereocenters. The summed E-state index contributed by atoms with van der Waals surface area (Å²) in [6, 6.07) is 66.2. The molecule has 10 rings (SSSR count). The Balaban J connectivity index is 0.00000578. The molecule has 0 N–H and O–H groups in total. The number of para-hydroxylation sites is 3. The maximum absolute atomic E-state index is 7.07. The number of hydrogen-bond donors (Lipinski definition) is 0. The number of anilines is 4. The number of benzene rings is 7. The summed E-state index contributed by atoms with van der Waals surface area (Å²) in [6.45, 7) is 25.0. The number of pyridine rings is 1. The summed E-state index contributed by atoms with van der Waals surface area (Å²) in [5.41, 5.74) is 12.7. The minimum Gasteiger partial charge on any atom is -0.509 e. The third-order valence-corrected chi connectivity index (χ3v) is 13.5. The Bertz CT molecular complexity index is 3210. The molecule has 0 saturated heterocycles. The molecule has 0 amide bonds. The zero-order valence-corrected chi connectivity index (χ0v) is 43.0. The maximum atomic E-state index is 7.07. The van der Waals surface area contributed by atoms with Crippen LogP contribution in [0.2, 0.25) is 0 Å². The summed E-state index contributed by atoms with van der Waals surface area (Å²) in [6.07, 6.45) is 1.91. The van der Waals surface area contributed by atoms with Gasteiger partial charge in [-0.25, -0.2) is 4.98 Å². The van der Waals surface area contributed by atoms with E-state index in [1.807, 2.05) is 12.3 Å². The number of nitrogens with zero attached hydrogens (tertiary/aromatic N) is 4. The quantitative estimate of drug-likeness (QED) is 0.112. The van der Waals surface area contributed by atoms with Crippen molar-refractivity contribution >= 4 is 44.6 Å². The summed E-state index contributed by atoms with van der Waals surface area (Å²) in [7, 11) is 0. The third kappa shape index (κ3) is 8.56. The van der Waals surface area contributed by atoms with Gasteiger partial charge in [0.2, 0.25) is 0 Å². The Morgan fingerprint density at radius 1 is 0.471 bits per heavy atom. The van der Waals surface area contributed by atoms with E-state index in [1.165, 1.54) is 27.8 Å². The Labute approximate surface area is 417 Å². The Kier molecular flexibility index (Phi) is 12.1. The molecule has 346 valence electrons. The van der Waals surface area contributed by atoms with Crippen LogP contribution in [0.1, 0.15) is 103 Å². The number of rotatable bonds is 8. The fourth-order valence-corrected chi connectivity index (χ4v) is 9.47. The topological polar surface area (TPSA) is 33.5 Å². The number of fused-ring (bicyclic) bond motifs is 4. The maximum Gasteiger partial charge on any atom is 0.135 e. The van der Waals surface area contributed by atoms with Crippen molar-refractivity contribution in [3.63, 3.8) is 0 Å². The van der Waals surface area contributed by atoms with Gasteiger partial charge in [0.15, 0.2) is 0 Å². The standard InChI is InChI=1S/C62H59N4O.Pt/c1-59(2,3)44-31-32-63-58(38-44)66-54-26-18-17-25-52(54)53-30-29-50(40-57(53)66)67-51-37-47(62(10,42-21-13-11-14-22-42)43-23-15-12-16-24-43)36-49(39-51)65-41-64(55-27-19-20-28-56(55)65)48-34-45(60(4,5)6)33-46(35-48)61(7,8)9;/h11-38,41H,1-10H3;/q-3;. The first-order valence-corrected chi connectivity index (χ1v) is 23.4. The van der Waals surface area contributed by atoms with Gasteiger partial charge in [-0.05, 0) is 98.8 Å². The molecule has 0 fully saturated rings. The molecule has 0 radical (unpaired) electrons. The van der Waals surface area contributed by atoms with E-state index in [1.54, 1.807) is 0 Å². The molecule has 3 heterocycles. The molecule has 0 spiro atoms. The van der Waals surface area contributed by atoms with E-state index >= 15 is 0 Å². The van der Waals surface area contributed by atoms with Gasteiger partial charge in [0.05, 0.1) is 0 Å². The number of ether oxygens (including phenoxy) is 1. The first kappa shape index (κ1) is 46.7. The van der Waals surface area contributed by atoms with Crippen LogP contribution in [0.25, 0.3) is 27.6 Å². The van der Waals surface area contributed by atoms with Gasteiger partial charge in [0.25, 0.3) is 0 Å². The molecule has 1 aliphatic heterocycles. The first-order valence-electron chi connectivity index (χ1n) is 23.4. The molecule has 9 aromatic rings. The van der Waals surface area contributed by atoms with Crippen molar-refractivity contribution in [1.82, 2.24) is 9.55 Å². The average Bonchev–Trinajstić information content (AvgIpc) is 3.87. The minimum absolute atomic E-state index is 0. The van der Waals surface area contributed by atoms with Crippen molar-refractivity contribution < 1.29 is 25.8 Å². The fraction of sp³-hybridized carbons (Fsp3) is 0.226. The van der Waals surface area contributed by atoms with Gasteiger partial charge in [0, 0.05) is 66.8 Å². The second-order valence-corrected chi connectivity index (χ2v) is 21.3. The van der Waals surface area contributed by atoms with Crippen molar-refractivity contribution in [3.05, 3.63) is 222 Å². The van der Waals surface area contributed by atoms with Gasteiger partial charge in [0.1, 0.15) is 5.82 Å². The van der Waals surface area contributed by atoms with Crippen LogP contribution >= 0.6 is 0 Å². The minimum atomic E-state index is -0.560. The zero-order valence-electron chi connectivity index (χ0n) is 40.8. The van der Waals surface area contributed by atoms with Crippen LogP contribution in [0, 0.1) is 18.8 Å². The molecule has 0 bridgehead atoms. The van der Waals surface area contributed by atoms with E-state index in [9.17, 15) is 0 Å². The van der Waals surface area contributed by atoms with Crippen LogP contribution < -0.4 is 14.5 Å². The van der Waals surface area contributed by atoms with E-state index < -0.39 is 5.41 Å². The van der Waals surface area contributed by atoms with E-state index in [4.69, 9.17) is 9.72 Å². The SMILES string of the molecule is CC(C)(C)c1cc(N2[CH-]N(c3[c-]c(Oc4[c-]c5c(cc4)c4ccccc4n5-c4cc(C(C)(C)C)ccn4)cc(C(C)(c4ccccc4)c4ccccc4)c3)c3ccccc32)cc(C(C)(C)C)c1.[Pt]. The first-order chi connectivity index (χ1) is 32.0. The van der Waals surface area contributed by atoms with E-state index in [-0.39, 0.29) is 37.3 Å². The number of hydrogen-bond acceptors (Lipinski definition) is 4. The third-order valence-electron chi connectivity index (χ3n) is 13.5. The van der Waals surface area contributed by atoms with Gasteiger partial charge in [-0.15, -0.1) is 53.6 Å². The normalized spacial score (nSPS) is 13.2. The largest absolute Gasteiger partial charge is 0.509 e. The van der Waals surface area contributed by atoms with Crippen LogP contribution in [-0.4, -0.2) is 9.55 Å². The predicted octanol–water partition coefficient (Wildman–Crippen LogP) is 16.2. The molecule has 6 heteroatoms. The Morgan fingerprint density at radius 2 is 1.04 bits per heavy atom. The van der Waals surface area contributed by atoms with E-state index in [0.29, 0.717) is 11.5 Å². The molecule has 2 aromatic heterocycles. The Hall–Kier alpha value is -6.42. The molecule has 0 aliphatic carbocycles. The number of aromatic nitrogens is 2. The smallest absolute Gasteiger partial charge is 0.135 e. The van der Waals surface area contributed by atoms with Crippen LogP contribution in [-0.2, 0) is 42.7 Å². The van der Waals surface area contributed by atoms with Crippen LogP contribution in [0.4, 0.5) is 22.7 Å². The van der Waals surface area contributed by atoms with Gasteiger partial charge in [-0.1, -0.05) is 165 Å². The van der Waals surface area contributed by atoms with Gasteiger partial charge in [-0.2, -0.15) is 6.07 Å². The van der Waals surface area contributed by atoms with Crippen LogP contribution in [0.15, 0.2) is 170 Å². The molecule has 7 aromatic carbocycles. The zero-order chi connectivity index (χ0) is 46.9. The van der Waals surface area contributed by atoms with Crippen molar-refractivity contribution in [2.45, 2.75) is 90.9 Å². The monoisotopic (exact) mass is 1070 g/mol. The summed E-state index contributed by atoms with van der Waals surface area (Å²) in [4.78, 5) is 9.52.